The molecular weight excluding hydrogens is 328 g/mol. The Balaban J connectivity index is 1.43. The fourth-order valence-electron chi connectivity index (χ4n) is 4.58. The Hall–Kier alpha value is -1.57. The van der Waals surface area contributed by atoms with Gasteiger partial charge in [-0.1, -0.05) is 0 Å². The molecule has 1 aromatic rings. The van der Waals surface area contributed by atoms with E-state index in [-0.39, 0.29) is 36.9 Å². The number of likely N-dealkylation sites (tertiary alicyclic amines) is 1. The maximum Gasteiger partial charge on any atom is 0.248 e. The predicted molar refractivity (Wildman–Crippen MR) is 87.3 cm³/mol. The van der Waals surface area contributed by atoms with Crippen LogP contribution >= 0.6 is 0 Å². The fourth-order valence-corrected chi connectivity index (χ4v) is 4.58. The van der Waals surface area contributed by atoms with Gasteiger partial charge >= 0.3 is 0 Å². The molecule has 0 atom stereocenters. The van der Waals surface area contributed by atoms with Crippen LogP contribution in [0, 0.1) is 6.92 Å². The van der Waals surface area contributed by atoms with Crippen molar-refractivity contribution in [2.24, 2.45) is 0 Å². The molecule has 0 radical (unpaired) electrons. The molecule has 3 aliphatic rings. The molecule has 1 N–H and O–H groups in total. The van der Waals surface area contributed by atoms with Gasteiger partial charge in [0, 0.05) is 43.9 Å². The zero-order valence-corrected chi connectivity index (χ0v) is 14.6. The largest absolute Gasteiger partial charge is 0.349 e. The minimum atomic E-state index is -2.48. The molecule has 1 aliphatic carbocycles. The number of nitrogens with zero attached hydrogens (tertiary/aromatic N) is 4. The fraction of sp³-hybridized carbons (Fsp3) is 0.824. The van der Waals surface area contributed by atoms with E-state index in [0.717, 1.165) is 31.8 Å². The molecule has 1 spiro atoms. The Labute approximate surface area is 146 Å². The molecule has 2 fully saturated rings. The summed E-state index contributed by atoms with van der Waals surface area (Å²) in [6, 6.07) is 0.254. The van der Waals surface area contributed by atoms with Gasteiger partial charge in [0.25, 0.3) is 0 Å². The van der Waals surface area contributed by atoms with Gasteiger partial charge in [0.1, 0.15) is 18.2 Å². The zero-order chi connectivity index (χ0) is 17.7. The summed E-state index contributed by atoms with van der Waals surface area (Å²) in [5.74, 6) is -0.943. The first-order valence-corrected chi connectivity index (χ1v) is 9.17. The van der Waals surface area contributed by atoms with E-state index in [2.05, 4.69) is 20.3 Å². The number of aryl methyl sites for hydroxylation is 1. The maximum absolute atomic E-state index is 13.4. The van der Waals surface area contributed by atoms with Crippen molar-refractivity contribution >= 4 is 5.91 Å². The van der Waals surface area contributed by atoms with Gasteiger partial charge in [-0.3, -0.25) is 4.79 Å². The van der Waals surface area contributed by atoms with Crippen molar-refractivity contribution in [2.45, 2.75) is 75.9 Å². The van der Waals surface area contributed by atoms with E-state index in [9.17, 15) is 13.6 Å². The highest BCUT2D eigenvalue weighted by Crippen LogP contribution is 2.37. The first kappa shape index (κ1) is 16.9. The molecule has 1 saturated carbocycles. The summed E-state index contributed by atoms with van der Waals surface area (Å²) in [5, 5.41) is 7.50. The van der Waals surface area contributed by atoms with Crippen molar-refractivity contribution in [3.63, 3.8) is 0 Å². The molecule has 25 heavy (non-hydrogen) atoms. The number of rotatable bonds is 1. The van der Waals surface area contributed by atoms with Crippen molar-refractivity contribution in [3.8, 4) is 0 Å². The molecule has 0 unspecified atom stereocenters. The molecule has 0 aromatic carbocycles. The van der Waals surface area contributed by atoms with Crippen LogP contribution in [0.5, 0.6) is 0 Å². The average molecular weight is 353 g/mol. The van der Waals surface area contributed by atoms with Gasteiger partial charge in [-0.25, -0.2) is 18.4 Å². The topological polar surface area (TPSA) is 63.1 Å². The Morgan fingerprint density at radius 2 is 1.84 bits per heavy atom. The van der Waals surface area contributed by atoms with E-state index in [1.165, 1.54) is 0 Å². The zero-order valence-electron chi connectivity index (χ0n) is 14.6. The van der Waals surface area contributed by atoms with Gasteiger partial charge in [0.15, 0.2) is 0 Å². The molecule has 1 amide bonds. The minimum absolute atomic E-state index is 0.00156. The van der Waals surface area contributed by atoms with Crippen molar-refractivity contribution in [2.75, 3.05) is 13.1 Å². The number of aromatic nitrogens is 3. The van der Waals surface area contributed by atoms with Crippen LogP contribution in [0.4, 0.5) is 8.78 Å². The Morgan fingerprint density at radius 3 is 2.52 bits per heavy atom. The monoisotopic (exact) mass is 353 g/mol. The van der Waals surface area contributed by atoms with Crippen LogP contribution in [0.2, 0.25) is 0 Å². The number of carbonyl (C=O) groups is 1. The second-order valence-electron chi connectivity index (χ2n) is 7.86. The number of hydrogen-bond donors (Lipinski definition) is 1. The van der Waals surface area contributed by atoms with Crippen LogP contribution in [0.1, 0.15) is 50.2 Å². The first-order chi connectivity index (χ1) is 11.8. The average Bonchev–Trinajstić information content (AvgIpc) is 2.81. The third-order valence-electron chi connectivity index (χ3n) is 6.01. The van der Waals surface area contributed by atoms with Crippen LogP contribution in [-0.4, -0.2) is 56.2 Å². The Morgan fingerprint density at radius 1 is 1.16 bits per heavy atom. The lowest BCUT2D eigenvalue weighted by atomic mass is 9.82. The van der Waals surface area contributed by atoms with Crippen LogP contribution < -0.4 is 5.32 Å². The summed E-state index contributed by atoms with van der Waals surface area (Å²) in [6.45, 7) is 3.74. The van der Waals surface area contributed by atoms with Crippen LogP contribution in [0.15, 0.2) is 0 Å². The first-order valence-electron chi connectivity index (χ1n) is 9.17. The molecule has 1 aromatic heterocycles. The van der Waals surface area contributed by atoms with E-state index in [0.29, 0.717) is 25.1 Å². The van der Waals surface area contributed by atoms with Crippen molar-refractivity contribution in [1.29, 1.82) is 0 Å². The quantitative estimate of drug-likeness (QED) is 0.834. The standard InChI is InChI=1S/C17H25F2N5O/c1-12-20-14-10-16(21-15(25)11-24(14)22-12)6-8-23(9-7-16)13-2-4-17(18,19)5-3-13/h13H,2-11H2,1H3,(H,21,25). The minimum Gasteiger partial charge on any atom is -0.349 e. The molecular formula is C17H25F2N5O. The normalized spacial score (nSPS) is 26.9. The van der Waals surface area contributed by atoms with Gasteiger partial charge in [0.05, 0.1) is 0 Å². The lowest BCUT2D eigenvalue weighted by Crippen LogP contribution is -2.58. The summed E-state index contributed by atoms with van der Waals surface area (Å²) < 4.78 is 28.5. The number of halogens is 2. The molecule has 1 saturated heterocycles. The number of carbonyl (C=O) groups excluding carboxylic acids is 1. The van der Waals surface area contributed by atoms with E-state index >= 15 is 0 Å². The summed E-state index contributed by atoms with van der Waals surface area (Å²) in [7, 11) is 0. The highest BCUT2D eigenvalue weighted by atomic mass is 19.3. The van der Waals surface area contributed by atoms with Gasteiger partial charge in [-0.15, -0.1) is 0 Å². The maximum atomic E-state index is 13.4. The molecule has 4 rings (SSSR count). The highest BCUT2D eigenvalue weighted by Gasteiger charge is 2.43. The van der Waals surface area contributed by atoms with E-state index < -0.39 is 5.92 Å². The number of hydrogen-bond acceptors (Lipinski definition) is 4. The number of amides is 1. The lowest BCUT2D eigenvalue weighted by molar-refractivity contribution is -0.124. The lowest BCUT2D eigenvalue weighted by Gasteiger charge is -2.45. The van der Waals surface area contributed by atoms with Crippen molar-refractivity contribution in [3.05, 3.63) is 11.6 Å². The summed E-state index contributed by atoms with van der Waals surface area (Å²) in [6.07, 6.45) is 3.49. The highest BCUT2D eigenvalue weighted by molar-refractivity contribution is 5.77. The van der Waals surface area contributed by atoms with Gasteiger partial charge in [-0.2, -0.15) is 5.10 Å². The number of alkyl halides is 2. The van der Waals surface area contributed by atoms with Crippen LogP contribution in [0.3, 0.4) is 0 Å². The molecule has 2 aliphatic heterocycles. The number of piperidine rings is 1. The summed E-state index contributed by atoms with van der Waals surface area (Å²) in [4.78, 5) is 19.1. The van der Waals surface area contributed by atoms with Gasteiger partial charge < -0.3 is 10.2 Å². The molecule has 138 valence electrons. The third kappa shape index (κ3) is 3.41. The molecule has 0 bridgehead atoms. The Bertz CT molecular complexity index is 656. The van der Waals surface area contributed by atoms with Crippen molar-refractivity contribution in [1.82, 2.24) is 25.0 Å². The van der Waals surface area contributed by atoms with Crippen LogP contribution in [-0.2, 0) is 17.8 Å². The second-order valence-corrected chi connectivity index (χ2v) is 7.86. The van der Waals surface area contributed by atoms with E-state index in [4.69, 9.17) is 0 Å². The number of nitrogens with one attached hydrogen (secondary N) is 1. The number of fused-ring (bicyclic) bond motifs is 1. The third-order valence-corrected chi connectivity index (χ3v) is 6.01. The molecule has 3 heterocycles. The van der Waals surface area contributed by atoms with E-state index in [1.54, 1.807) is 4.68 Å². The van der Waals surface area contributed by atoms with E-state index in [1.807, 2.05) is 6.92 Å². The second kappa shape index (κ2) is 6.00. The Kier molecular flexibility index (Phi) is 4.05. The molecule has 8 heteroatoms. The smallest absolute Gasteiger partial charge is 0.248 e. The van der Waals surface area contributed by atoms with Gasteiger partial charge in [-0.05, 0) is 32.6 Å². The SMILES string of the molecule is Cc1nc2n(n1)CC(=O)NC1(CCN(C3CCC(F)(F)CC3)CC1)C2. The van der Waals surface area contributed by atoms with Crippen molar-refractivity contribution < 1.29 is 13.6 Å². The summed E-state index contributed by atoms with van der Waals surface area (Å²) >= 11 is 0. The predicted octanol–water partition coefficient (Wildman–Crippen LogP) is 1.67. The van der Waals surface area contributed by atoms with Gasteiger partial charge in [0.2, 0.25) is 11.8 Å². The summed E-state index contributed by atoms with van der Waals surface area (Å²) in [5.41, 5.74) is -0.278. The molecule has 6 nitrogen and oxygen atoms in total. The van der Waals surface area contributed by atoms with Crippen LogP contribution in [0.25, 0.3) is 0 Å².